The standard InChI is InChI=1S/C9H17N3O4S/c1-2-5-16-17(14,15)6-3-4-12-7-9(8-13)10-11-12/h7,13H,2-6,8H2,1H3. The third kappa shape index (κ3) is 5.24. The molecule has 1 rings (SSSR count). The maximum atomic E-state index is 11.3. The number of aliphatic hydroxyl groups is 1. The van der Waals surface area contributed by atoms with Crippen LogP contribution in [0.4, 0.5) is 0 Å². The minimum Gasteiger partial charge on any atom is -0.390 e. The summed E-state index contributed by atoms with van der Waals surface area (Å²) >= 11 is 0. The highest BCUT2D eigenvalue weighted by atomic mass is 32.2. The van der Waals surface area contributed by atoms with E-state index in [0.717, 1.165) is 0 Å². The third-order valence-electron chi connectivity index (χ3n) is 2.00. The smallest absolute Gasteiger partial charge is 0.267 e. The second kappa shape index (κ2) is 6.67. The van der Waals surface area contributed by atoms with Gasteiger partial charge in [0, 0.05) is 6.54 Å². The molecule has 1 aromatic heterocycles. The molecule has 17 heavy (non-hydrogen) atoms. The molecule has 98 valence electrons. The zero-order valence-corrected chi connectivity index (χ0v) is 10.6. The van der Waals surface area contributed by atoms with Crippen LogP contribution in [0.3, 0.4) is 0 Å². The van der Waals surface area contributed by atoms with Crippen molar-refractivity contribution in [1.82, 2.24) is 15.0 Å². The third-order valence-corrected chi connectivity index (χ3v) is 3.31. The molecule has 1 aromatic rings. The summed E-state index contributed by atoms with van der Waals surface area (Å²) in [7, 11) is -3.42. The molecule has 0 atom stereocenters. The Morgan fingerprint density at radius 2 is 2.29 bits per heavy atom. The van der Waals surface area contributed by atoms with Gasteiger partial charge in [0.25, 0.3) is 10.1 Å². The van der Waals surface area contributed by atoms with E-state index in [-0.39, 0.29) is 19.0 Å². The number of rotatable bonds is 8. The maximum Gasteiger partial charge on any atom is 0.267 e. The lowest BCUT2D eigenvalue weighted by Crippen LogP contribution is -2.13. The van der Waals surface area contributed by atoms with E-state index in [1.807, 2.05) is 6.92 Å². The van der Waals surface area contributed by atoms with Crippen LogP contribution in [0.2, 0.25) is 0 Å². The molecule has 0 bridgehead atoms. The minimum atomic E-state index is -3.42. The predicted molar refractivity (Wildman–Crippen MR) is 60.6 cm³/mol. The quantitative estimate of drug-likeness (QED) is 0.659. The average molecular weight is 263 g/mol. The van der Waals surface area contributed by atoms with Crippen LogP contribution in [-0.2, 0) is 27.5 Å². The Bertz CT molecular complexity index is 429. The molecule has 0 saturated heterocycles. The summed E-state index contributed by atoms with van der Waals surface area (Å²) in [6.07, 6.45) is 2.65. The van der Waals surface area contributed by atoms with Crippen molar-refractivity contribution in [3.05, 3.63) is 11.9 Å². The number of aliphatic hydroxyl groups excluding tert-OH is 1. The SMILES string of the molecule is CCCOS(=O)(=O)CCCn1cc(CO)nn1. The van der Waals surface area contributed by atoms with E-state index >= 15 is 0 Å². The Kier molecular flexibility index (Phi) is 5.52. The molecule has 0 aromatic carbocycles. The monoisotopic (exact) mass is 263 g/mol. The molecule has 0 saturated carbocycles. The minimum absolute atomic E-state index is 0.0404. The number of nitrogens with zero attached hydrogens (tertiary/aromatic N) is 3. The number of hydrogen-bond acceptors (Lipinski definition) is 6. The Labute approximate surface area is 101 Å². The fraction of sp³-hybridized carbons (Fsp3) is 0.778. The average Bonchev–Trinajstić information content (AvgIpc) is 2.74. The van der Waals surface area contributed by atoms with Crippen LogP contribution < -0.4 is 0 Å². The van der Waals surface area contributed by atoms with Crippen molar-refractivity contribution in [3.8, 4) is 0 Å². The van der Waals surface area contributed by atoms with Crippen molar-refractivity contribution in [2.45, 2.75) is 32.9 Å². The van der Waals surface area contributed by atoms with Gasteiger partial charge in [0.15, 0.2) is 0 Å². The highest BCUT2D eigenvalue weighted by Crippen LogP contribution is 2.00. The van der Waals surface area contributed by atoms with Gasteiger partial charge in [-0.25, -0.2) is 0 Å². The summed E-state index contributed by atoms with van der Waals surface area (Å²) in [5, 5.41) is 16.2. The lowest BCUT2D eigenvalue weighted by atomic mass is 10.5. The molecule has 0 radical (unpaired) electrons. The second-order valence-electron chi connectivity index (χ2n) is 3.57. The number of hydrogen-bond donors (Lipinski definition) is 1. The Morgan fingerprint density at radius 3 is 2.88 bits per heavy atom. The molecular weight excluding hydrogens is 246 g/mol. The summed E-state index contributed by atoms with van der Waals surface area (Å²) in [5.74, 6) is -0.0404. The fourth-order valence-electron chi connectivity index (χ4n) is 1.19. The van der Waals surface area contributed by atoms with E-state index in [9.17, 15) is 8.42 Å². The zero-order chi connectivity index (χ0) is 12.7. The molecule has 0 aliphatic carbocycles. The summed E-state index contributed by atoms with van der Waals surface area (Å²) in [5.41, 5.74) is 0.468. The maximum absolute atomic E-state index is 11.3. The van der Waals surface area contributed by atoms with E-state index in [1.165, 1.54) is 4.68 Å². The first kappa shape index (κ1) is 14.1. The van der Waals surface area contributed by atoms with Gasteiger partial charge in [-0.2, -0.15) is 8.42 Å². The van der Waals surface area contributed by atoms with Gasteiger partial charge >= 0.3 is 0 Å². The van der Waals surface area contributed by atoms with Crippen LogP contribution in [0.5, 0.6) is 0 Å². The summed E-state index contributed by atoms with van der Waals surface area (Å²) in [6.45, 7) is 2.33. The van der Waals surface area contributed by atoms with Crippen LogP contribution in [-0.4, -0.2) is 40.9 Å². The Hall–Kier alpha value is -0.990. The van der Waals surface area contributed by atoms with Gasteiger partial charge < -0.3 is 5.11 Å². The summed E-state index contributed by atoms with van der Waals surface area (Å²) < 4.78 is 28.9. The van der Waals surface area contributed by atoms with Gasteiger partial charge in [-0.05, 0) is 12.8 Å². The van der Waals surface area contributed by atoms with Crippen molar-refractivity contribution in [3.63, 3.8) is 0 Å². The molecule has 0 unspecified atom stereocenters. The van der Waals surface area contributed by atoms with Crippen molar-refractivity contribution in [1.29, 1.82) is 0 Å². The molecule has 8 heteroatoms. The normalized spacial score (nSPS) is 11.9. The van der Waals surface area contributed by atoms with E-state index in [1.54, 1.807) is 6.20 Å². The molecule has 1 heterocycles. The largest absolute Gasteiger partial charge is 0.390 e. The lowest BCUT2D eigenvalue weighted by Gasteiger charge is -2.03. The topological polar surface area (TPSA) is 94.3 Å². The summed E-state index contributed by atoms with van der Waals surface area (Å²) in [4.78, 5) is 0. The van der Waals surface area contributed by atoms with E-state index in [4.69, 9.17) is 9.29 Å². The first-order valence-corrected chi connectivity index (χ1v) is 7.02. The van der Waals surface area contributed by atoms with Crippen molar-refractivity contribution in [2.75, 3.05) is 12.4 Å². The van der Waals surface area contributed by atoms with Gasteiger partial charge in [-0.3, -0.25) is 8.86 Å². The van der Waals surface area contributed by atoms with Gasteiger partial charge in [0.05, 0.1) is 25.2 Å². The Morgan fingerprint density at radius 1 is 1.53 bits per heavy atom. The second-order valence-corrected chi connectivity index (χ2v) is 5.33. The van der Waals surface area contributed by atoms with Gasteiger partial charge in [0.2, 0.25) is 0 Å². The highest BCUT2D eigenvalue weighted by Gasteiger charge is 2.10. The molecule has 0 spiro atoms. The summed E-state index contributed by atoms with van der Waals surface area (Å²) in [6, 6.07) is 0. The molecule has 0 aliphatic heterocycles. The van der Waals surface area contributed by atoms with Crippen LogP contribution >= 0.6 is 0 Å². The number of aromatic nitrogens is 3. The highest BCUT2D eigenvalue weighted by molar-refractivity contribution is 7.86. The zero-order valence-electron chi connectivity index (χ0n) is 9.74. The number of aryl methyl sites for hydroxylation is 1. The predicted octanol–water partition coefficient (Wildman–Crippen LogP) is -0.0831. The molecule has 0 fully saturated rings. The van der Waals surface area contributed by atoms with Crippen LogP contribution in [0.1, 0.15) is 25.5 Å². The molecule has 7 nitrogen and oxygen atoms in total. The first-order chi connectivity index (χ1) is 8.07. The van der Waals surface area contributed by atoms with E-state index in [2.05, 4.69) is 10.3 Å². The molecule has 1 N–H and O–H groups in total. The van der Waals surface area contributed by atoms with Crippen LogP contribution in [0.15, 0.2) is 6.20 Å². The van der Waals surface area contributed by atoms with Crippen LogP contribution in [0, 0.1) is 0 Å². The first-order valence-electron chi connectivity index (χ1n) is 5.44. The Balaban J connectivity index is 2.32. The molecule has 0 amide bonds. The van der Waals surface area contributed by atoms with E-state index < -0.39 is 10.1 Å². The van der Waals surface area contributed by atoms with E-state index in [0.29, 0.717) is 25.1 Å². The van der Waals surface area contributed by atoms with Gasteiger partial charge in [-0.1, -0.05) is 12.1 Å². The van der Waals surface area contributed by atoms with Crippen molar-refractivity contribution >= 4 is 10.1 Å². The lowest BCUT2D eigenvalue weighted by molar-refractivity contribution is 0.276. The van der Waals surface area contributed by atoms with Gasteiger partial charge in [0.1, 0.15) is 5.69 Å². The van der Waals surface area contributed by atoms with Crippen LogP contribution in [0.25, 0.3) is 0 Å². The molecule has 0 aliphatic rings. The van der Waals surface area contributed by atoms with Crippen molar-refractivity contribution < 1.29 is 17.7 Å². The molecular formula is C9H17N3O4S. The van der Waals surface area contributed by atoms with Crippen molar-refractivity contribution in [2.24, 2.45) is 0 Å². The van der Waals surface area contributed by atoms with Gasteiger partial charge in [-0.15, -0.1) is 5.10 Å². The fourth-order valence-corrected chi connectivity index (χ4v) is 2.21.